The fourth-order valence-electron chi connectivity index (χ4n) is 1.53. The van der Waals surface area contributed by atoms with Gasteiger partial charge in [-0.3, -0.25) is 0 Å². The molecule has 2 N–H and O–H groups in total. The molecule has 0 radical (unpaired) electrons. The molecule has 3 nitrogen and oxygen atoms in total. The number of ether oxygens (including phenoxy) is 1. The van der Waals surface area contributed by atoms with Gasteiger partial charge in [-0.2, -0.15) is 0 Å². The van der Waals surface area contributed by atoms with Gasteiger partial charge < -0.3 is 15.2 Å². The third-order valence-corrected chi connectivity index (χ3v) is 3.04. The summed E-state index contributed by atoms with van der Waals surface area (Å²) in [6.07, 6.45) is 0.645. The molecular formula is C12H17Cl2NO2. The molecule has 1 atom stereocenters. The van der Waals surface area contributed by atoms with E-state index in [0.717, 1.165) is 5.56 Å². The van der Waals surface area contributed by atoms with E-state index < -0.39 is 0 Å². The van der Waals surface area contributed by atoms with Gasteiger partial charge >= 0.3 is 0 Å². The fraction of sp³-hybridized carbons (Fsp3) is 0.500. The first-order valence-corrected chi connectivity index (χ1v) is 6.20. The highest BCUT2D eigenvalue weighted by atomic mass is 35.5. The smallest absolute Gasteiger partial charge is 0.0616 e. The number of aliphatic hydroxyl groups excluding tert-OH is 1. The lowest BCUT2D eigenvalue weighted by atomic mass is 10.2. The van der Waals surface area contributed by atoms with Crippen molar-refractivity contribution in [2.24, 2.45) is 0 Å². The van der Waals surface area contributed by atoms with E-state index in [1.54, 1.807) is 19.2 Å². The Morgan fingerprint density at radius 3 is 2.82 bits per heavy atom. The van der Waals surface area contributed by atoms with Crippen LogP contribution in [0.15, 0.2) is 18.2 Å². The molecule has 0 aliphatic rings. The first kappa shape index (κ1) is 14.7. The molecule has 0 saturated heterocycles. The second kappa shape index (κ2) is 7.90. The summed E-state index contributed by atoms with van der Waals surface area (Å²) >= 11 is 12.0. The van der Waals surface area contributed by atoms with Crippen LogP contribution in [0.25, 0.3) is 0 Å². The van der Waals surface area contributed by atoms with Crippen LogP contribution in [0.5, 0.6) is 0 Å². The first-order valence-electron chi connectivity index (χ1n) is 5.44. The largest absolute Gasteiger partial charge is 0.396 e. The summed E-state index contributed by atoms with van der Waals surface area (Å²) in [6.45, 7) is 1.29. The van der Waals surface area contributed by atoms with Crippen molar-refractivity contribution in [2.75, 3.05) is 20.3 Å². The Kier molecular flexibility index (Phi) is 6.85. The van der Waals surface area contributed by atoms with Crippen molar-refractivity contribution >= 4 is 23.2 Å². The zero-order valence-corrected chi connectivity index (χ0v) is 11.3. The van der Waals surface area contributed by atoms with Gasteiger partial charge in [0.1, 0.15) is 0 Å². The van der Waals surface area contributed by atoms with Gasteiger partial charge in [-0.05, 0) is 30.2 Å². The van der Waals surface area contributed by atoms with Crippen molar-refractivity contribution in [2.45, 2.75) is 19.0 Å². The molecule has 1 aromatic rings. The van der Waals surface area contributed by atoms with Gasteiger partial charge in [-0.15, -0.1) is 0 Å². The summed E-state index contributed by atoms with van der Waals surface area (Å²) in [7, 11) is 1.64. The van der Waals surface area contributed by atoms with E-state index in [2.05, 4.69) is 5.32 Å². The molecule has 0 heterocycles. The number of aliphatic hydroxyl groups is 1. The average Bonchev–Trinajstić information content (AvgIpc) is 2.30. The molecule has 5 heteroatoms. The summed E-state index contributed by atoms with van der Waals surface area (Å²) in [4.78, 5) is 0. The van der Waals surface area contributed by atoms with Gasteiger partial charge in [0.2, 0.25) is 0 Å². The van der Waals surface area contributed by atoms with Crippen LogP contribution in [0.4, 0.5) is 0 Å². The molecule has 0 spiro atoms. The maximum atomic E-state index is 8.92. The lowest BCUT2D eigenvalue weighted by Crippen LogP contribution is -2.33. The molecule has 0 aliphatic carbocycles. The van der Waals surface area contributed by atoms with Gasteiger partial charge in [0.05, 0.1) is 6.61 Å². The highest BCUT2D eigenvalue weighted by Gasteiger charge is 2.08. The van der Waals surface area contributed by atoms with Gasteiger partial charge in [0.25, 0.3) is 0 Å². The van der Waals surface area contributed by atoms with Crippen molar-refractivity contribution in [1.82, 2.24) is 5.32 Å². The van der Waals surface area contributed by atoms with E-state index in [1.807, 2.05) is 6.07 Å². The zero-order valence-electron chi connectivity index (χ0n) is 9.75. The van der Waals surface area contributed by atoms with Crippen molar-refractivity contribution in [3.63, 3.8) is 0 Å². The molecule has 1 rings (SSSR count). The number of rotatable bonds is 7. The molecular weight excluding hydrogens is 261 g/mol. The summed E-state index contributed by atoms with van der Waals surface area (Å²) in [5.74, 6) is 0. The number of hydrogen-bond acceptors (Lipinski definition) is 3. The Hall–Kier alpha value is -0.320. The van der Waals surface area contributed by atoms with Crippen molar-refractivity contribution < 1.29 is 9.84 Å². The molecule has 0 bridgehead atoms. The van der Waals surface area contributed by atoms with Gasteiger partial charge in [-0.1, -0.05) is 23.2 Å². The third kappa shape index (κ3) is 5.23. The van der Waals surface area contributed by atoms with E-state index in [0.29, 0.717) is 29.6 Å². The quantitative estimate of drug-likeness (QED) is 0.805. The molecule has 0 fully saturated rings. The highest BCUT2D eigenvalue weighted by molar-refractivity contribution is 6.33. The number of nitrogens with one attached hydrogen (secondary N) is 1. The summed E-state index contributed by atoms with van der Waals surface area (Å²) in [5, 5.41) is 13.5. The Morgan fingerprint density at radius 2 is 2.18 bits per heavy atom. The van der Waals surface area contributed by atoms with Crippen LogP contribution >= 0.6 is 23.2 Å². The topological polar surface area (TPSA) is 41.5 Å². The van der Waals surface area contributed by atoms with E-state index in [4.69, 9.17) is 33.0 Å². The van der Waals surface area contributed by atoms with Crippen molar-refractivity contribution in [3.05, 3.63) is 33.8 Å². The van der Waals surface area contributed by atoms with Gasteiger partial charge in [0, 0.05) is 36.3 Å². The minimum atomic E-state index is 0.111. The predicted molar refractivity (Wildman–Crippen MR) is 70.7 cm³/mol. The van der Waals surface area contributed by atoms with Gasteiger partial charge in [0.15, 0.2) is 0 Å². The fourth-order valence-corrected chi connectivity index (χ4v) is 1.91. The van der Waals surface area contributed by atoms with E-state index in [9.17, 15) is 0 Å². The molecule has 0 aliphatic heterocycles. The number of halogens is 2. The predicted octanol–water partition coefficient (Wildman–Crippen LogP) is 2.48. The van der Waals surface area contributed by atoms with Crippen LogP contribution in [0.1, 0.15) is 12.0 Å². The van der Waals surface area contributed by atoms with Crippen LogP contribution in [-0.4, -0.2) is 31.5 Å². The highest BCUT2D eigenvalue weighted by Crippen LogP contribution is 2.20. The monoisotopic (exact) mass is 277 g/mol. The SMILES string of the molecule is COCC(CCO)NCc1cc(Cl)ccc1Cl. The van der Waals surface area contributed by atoms with E-state index in [1.165, 1.54) is 0 Å². The average molecular weight is 278 g/mol. The minimum absolute atomic E-state index is 0.111. The molecule has 17 heavy (non-hydrogen) atoms. The van der Waals surface area contributed by atoms with Crippen LogP contribution < -0.4 is 5.32 Å². The molecule has 0 aromatic heterocycles. The molecule has 1 aromatic carbocycles. The summed E-state index contributed by atoms with van der Waals surface area (Å²) in [6, 6.07) is 5.48. The summed E-state index contributed by atoms with van der Waals surface area (Å²) in [5.41, 5.74) is 0.943. The lowest BCUT2D eigenvalue weighted by Gasteiger charge is -2.17. The minimum Gasteiger partial charge on any atom is -0.396 e. The number of benzene rings is 1. The Bertz CT molecular complexity index is 341. The normalized spacial score (nSPS) is 12.7. The second-order valence-electron chi connectivity index (χ2n) is 3.78. The van der Waals surface area contributed by atoms with Crippen LogP contribution in [0, 0.1) is 0 Å². The molecule has 96 valence electrons. The van der Waals surface area contributed by atoms with Crippen LogP contribution in [0.2, 0.25) is 10.0 Å². The van der Waals surface area contributed by atoms with Crippen molar-refractivity contribution in [3.8, 4) is 0 Å². The van der Waals surface area contributed by atoms with E-state index in [-0.39, 0.29) is 12.6 Å². The Balaban J connectivity index is 2.55. The first-order chi connectivity index (χ1) is 8.17. The maximum absolute atomic E-state index is 8.92. The van der Waals surface area contributed by atoms with Crippen LogP contribution in [-0.2, 0) is 11.3 Å². The standard InChI is InChI=1S/C12H17Cl2NO2/c1-17-8-11(4-5-16)15-7-9-6-10(13)2-3-12(9)14/h2-3,6,11,15-16H,4-5,7-8H2,1H3. The maximum Gasteiger partial charge on any atom is 0.0616 e. The second-order valence-corrected chi connectivity index (χ2v) is 4.62. The van der Waals surface area contributed by atoms with E-state index >= 15 is 0 Å². The summed E-state index contributed by atoms with van der Waals surface area (Å²) < 4.78 is 5.07. The zero-order chi connectivity index (χ0) is 12.7. The molecule has 1 unspecified atom stereocenters. The van der Waals surface area contributed by atoms with Crippen molar-refractivity contribution in [1.29, 1.82) is 0 Å². The number of methoxy groups -OCH3 is 1. The third-order valence-electron chi connectivity index (χ3n) is 2.43. The Labute approximate surface area is 112 Å². The Morgan fingerprint density at radius 1 is 1.41 bits per heavy atom. The molecule has 0 saturated carbocycles. The molecule has 0 amide bonds. The van der Waals surface area contributed by atoms with Gasteiger partial charge in [-0.25, -0.2) is 0 Å². The number of hydrogen-bond donors (Lipinski definition) is 2. The lowest BCUT2D eigenvalue weighted by molar-refractivity contribution is 0.148. The van der Waals surface area contributed by atoms with Crippen LogP contribution in [0.3, 0.4) is 0 Å².